The average molecular weight is 277 g/mol. The highest BCUT2D eigenvalue weighted by Crippen LogP contribution is 2.27. The van der Waals surface area contributed by atoms with Gasteiger partial charge in [-0.05, 0) is 30.3 Å². The Hall–Kier alpha value is -2.64. The molecule has 1 aromatic heterocycles. The van der Waals surface area contributed by atoms with Crippen LogP contribution < -0.4 is 14.8 Å². The van der Waals surface area contributed by atoms with Crippen molar-refractivity contribution in [3.63, 3.8) is 0 Å². The highest BCUT2D eigenvalue weighted by Gasteiger charge is 2.13. The zero-order chi connectivity index (χ0) is 14.5. The Morgan fingerprint density at radius 2 is 2.05 bits per heavy atom. The summed E-state index contributed by atoms with van der Waals surface area (Å²) in [5, 5.41) is 14.0. The zero-order valence-electron chi connectivity index (χ0n) is 11.5. The van der Waals surface area contributed by atoms with Crippen LogP contribution in [0.3, 0.4) is 0 Å². The van der Waals surface area contributed by atoms with Gasteiger partial charge in [0.05, 0.1) is 20.8 Å². The van der Waals surface area contributed by atoms with Gasteiger partial charge < -0.3 is 9.47 Å². The number of aryl methyl sites for hydroxylation is 1. The Kier molecular flexibility index (Phi) is 4.14. The van der Waals surface area contributed by atoms with Gasteiger partial charge in [-0.1, -0.05) is 5.10 Å². The third-order valence-electron chi connectivity index (χ3n) is 2.61. The standard InChI is InChI=1S/C12H15N5O3/c1-4-17-15-12(14-16-17)13-11(18)8-5-6-9(19-2)10(7-8)20-3/h5-7H,4H2,1-3H3,(H,13,15,18). The third kappa shape index (κ3) is 2.85. The van der Waals surface area contributed by atoms with Crippen molar-refractivity contribution in [3.8, 4) is 11.5 Å². The van der Waals surface area contributed by atoms with Gasteiger partial charge in [-0.3, -0.25) is 10.1 Å². The Morgan fingerprint density at radius 3 is 2.65 bits per heavy atom. The van der Waals surface area contributed by atoms with E-state index in [9.17, 15) is 4.79 Å². The van der Waals surface area contributed by atoms with E-state index in [1.807, 2.05) is 6.92 Å². The lowest BCUT2D eigenvalue weighted by atomic mass is 10.2. The Morgan fingerprint density at radius 1 is 1.30 bits per heavy atom. The van der Waals surface area contributed by atoms with Crippen LogP contribution in [0.1, 0.15) is 17.3 Å². The van der Waals surface area contributed by atoms with E-state index in [1.165, 1.54) is 19.0 Å². The van der Waals surface area contributed by atoms with Gasteiger partial charge >= 0.3 is 0 Å². The summed E-state index contributed by atoms with van der Waals surface area (Å²) in [5.74, 6) is 0.845. The molecule has 106 valence electrons. The number of anilines is 1. The summed E-state index contributed by atoms with van der Waals surface area (Å²) < 4.78 is 10.3. The molecule has 8 heteroatoms. The second-order valence-corrected chi connectivity index (χ2v) is 3.83. The highest BCUT2D eigenvalue weighted by atomic mass is 16.5. The van der Waals surface area contributed by atoms with Gasteiger partial charge in [0.25, 0.3) is 11.9 Å². The summed E-state index contributed by atoms with van der Waals surface area (Å²) in [6.07, 6.45) is 0. The summed E-state index contributed by atoms with van der Waals surface area (Å²) in [6.45, 7) is 2.46. The Bertz CT molecular complexity index is 611. The number of amides is 1. The first-order valence-electron chi connectivity index (χ1n) is 5.99. The SMILES string of the molecule is CCn1nnc(NC(=O)c2ccc(OC)c(OC)c2)n1. The fraction of sp³-hybridized carbons (Fsp3) is 0.333. The smallest absolute Gasteiger partial charge is 0.270 e. The molecular formula is C12H15N5O3. The van der Waals surface area contributed by atoms with E-state index >= 15 is 0 Å². The lowest BCUT2D eigenvalue weighted by Gasteiger charge is -2.08. The van der Waals surface area contributed by atoms with E-state index < -0.39 is 0 Å². The van der Waals surface area contributed by atoms with E-state index in [0.717, 1.165) is 0 Å². The number of hydrogen-bond acceptors (Lipinski definition) is 6. The molecule has 0 aliphatic rings. The predicted molar refractivity (Wildman–Crippen MR) is 71.0 cm³/mol. The molecule has 1 aromatic carbocycles. The van der Waals surface area contributed by atoms with Gasteiger partial charge in [0, 0.05) is 5.56 Å². The maximum atomic E-state index is 12.1. The number of methoxy groups -OCH3 is 2. The van der Waals surface area contributed by atoms with Gasteiger partial charge in [0.2, 0.25) is 0 Å². The fourth-order valence-corrected chi connectivity index (χ4v) is 1.58. The summed E-state index contributed by atoms with van der Waals surface area (Å²) in [6, 6.07) is 4.86. The highest BCUT2D eigenvalue weighted by molar-refractivity contribution is 6.03. The van der Waals surface area contributed by atoms with E-state index in [1.54, 1.807) is 18.2 Å². The van der Waals surface area contributed by atoms with Crippen LogP contribution in [-0.4, -0.2) is 40.3 Å². The Balaban J connectivity index is 2.16. The molecule has 0 atom stereocenters. The third-order valence-corrected chi connectivity index (χ3v) is 2.61. The molecule has 20 heavy (non-hydrogen) atoms. The number of carbonyl (C=O) groups excluding carboxylic acids is 1. The lowest BCUT2D eigenvalue weighted by molar-refractivity contribution is 0.102. The molecule has 1 amide bonds. The average Bonchev–Trinajstić information content (AvgIpc) is 2.94. The summed E-state index contributed by atoms with van der Waals surface area (Å²) in [4.78, 5) is 13.4. The maximum absolute atomic E-state index is 12.1. The molecule has 2 rings (SSSR count). The number of aromatic nitrogens is 4. The molecule has 0 saturated heterocycles. The molecule has 1 N–H and O–H groups in total. The van der Waals surface area contributed by atoms with Crippen LogP contribution in [0, 0.1) is 0 Å². The Labute approximate surface area is 115 Å². The van der Waals surface area contributed by atoms with Gasteiger partial charge in [0.1, 0.15) is 0 Å². The van der Waals surface area contributed by atoms with Crippen molar-refractivity contribution >= 4 is 11.9 Å². The maximum Gasteiger partial charge on any atom is 0.270 e. The number of nitrogens with one attached hydrogen (secondary N) is 1. The van der Waals surface area contributed by atoms with E-state index in [0.29, 0.717) is 23.6 Å². The minimum absolute atomic E-state index is 0.159. The minimum atomic E-state index is -0.346. The monoisotopic (exact) mass is 277 g/mol. The summed E-state index contributed by atoms with van der Waals surface area (Å²) in [5.41, 5.74) is 0.412. The number of hydrogen-bond donors (Lipinski definition) is 1. The number of ether oxygens (including phenoxy) is 2. The summed E-state index contributed by atoms with van der Waals surface area (Å²) >= 11 is 0. The minimum Gasteiger partial charge on any atom is -0.493 e. The number of tetrazole rings is 1. The van der Waals surface area contributed by atoms with Gasteiger partial charge in [0.15, 0.2) is 11.5 Å². The molecule has 0 saturated carbocycles. The molecule has 0 fully saturated rings. The number of benzene rings is 1. The van der Waals surface area contributed by atoms with Crippen molar-refractivity contribution in [1.82, 2.24) is 20.2 Å². The van der Waals surface area contributed by atoms with Gasteiger partial charge in [-0.25, -0.2) is 0 Å². The molecule has 0 bridgehead atoms. The van der Waals surface area contributed by atoms with Crippen molar-refractivity contribution in [2.24, 2.45) is 0 Å². The van der Waals surface area contributed by atoms with E-state index in [4.69, 9.17) is 9.47 Å². The second kappa shape index (κ2) is 6.00. The van der Waals surface area contributed by atoms with Crippen molar-refractivity contribution in [3.05, 3.63) is 23.8 Å². The van der Waals surface area contributed by atoms with Crippen molar-refractivity contribution < 1.29 is 14.3 Å². The molecule has 0 spiro atoms. The first-order valence-corrected chi connectivity index (χ1v) is 5.99. The van der Waals surface area contributed by atoms with Crippen LogP contribution in [0.25, 0.3) is 0 Å². The molecular weight excluding hydrogens is 262 g/mol. The molecule has 0 aliphatic carbocycles. The van der Waals surface area contributed by atoms with Crippen molar-refractivity contribution in [1.29, 1.82) is 0 Å². The largest absolute Gasteiger partial charge is 0.493 e. The predicted octanol–water partition coefficient (Wildman–Crippen LogP) is 0.962. The fourth-order valence-electron chi connectivity index (χ4n) is 1.58. The normalized spacial score (nSPS) is 10.2. The molecule has 0 radical (unpaired) electrons. The first-order chi connectivity index (χ1) is 9.67. The topological polar surface area (TPSA) is 91.2 Å². The van der Waals surface area contributed by atoms with E-state index in [2.05, 4.69) is 20.7 Å². The second-order valence-electron chi connectivity index (χ2n) is 3.83. The van der Waals surface area contributed by atoms with Crippen molar-refractivity contribution in [2.45, 2.75) is 13.5 Å². The lowest BCUT2D eigenvalue weighted by Crippen LogP contribution is -2.13. The van der Waals surface area contributed by atoms with Crippen LogP contribution in [-0.2, 0) is 6.54 Å². The van der Waals surface area contributed by atoms with Gasteiger partial charge in [-0.15, -0.1) is 5.10 Å². The molecule has 8 nitrogen and oxygen atoms in total. The molecule has 2 aromatic rings. The van der Waals surface area contributed by atoms with Gasteiger partial charge in [-0.2, -0.15) is 4.80 Å². The van der Waals surface area contributed by atoms with Crippen LogP contribution >= 0.6 is 0 Å². The quantitative estimate of drug-likeness (QED) is 0.875. The number of carbonyl (C=O) groups is 1. The molecule has 0 unspecified atom stereocenters. The van der Waals surface area contributed by atoms with Crippen LogP contribution in [0.15, 0.2) is 18.2 Å². The van der Waals surface area contributed by atoms with E-state index in [-0.39, 0.29) is 11.9 Å². The zero-order valence-corrected chi connectivity index (χ0v) is 11.5. The summed E-state index contributed by atoms with van der Waals surface area (Å²) in [7, 11) is 3.04. The number of rotatable bonds is 5. The van der Waals surface area contributed by atoms with Crippen LogP contribution in [0.4, 0.5) is 5.95 Å². The van der Waals surface area contributed by atoms with Crippen LogP contribution in [0.2, 0.25) is 0 Å². The first kappa shape index (κ1) is 13.8. The molecule has 0 aliphatic heterocycles. The van der Waals surface area contributed by atoms with Crippen molar-refractivity contribution in [2.75, 3.05) is 19.5 Å². The molecule has 1 heterocycles. The number of nitrogens with zero attached hydrogens (tertiary/aromatic N) is 4. The van der Waals surface area contributed by atoms with Crippen LogP contribution in [0.5, 0.6) is 11.5 Å².